The zero-order valence-corrected chi connectivity index (χ0v) is 11.1. The zero-order valence-electron chi connectivity index (χ0n) is 11.1. The molecule has 1 aliphatic heterocycles. The largest absolute Gasteiger partial charge is 0.325 e. The fraction of sp³-hybridized carbons (Fsp3) is 0.929. The number of carbonyl (C=O) groups excluding carboxylic acids is 1. The highest BCUT2D eigenvalue weighted by atomic mass is 16.2. The molecule has 1 N–H and O–H groups in total. The molecule has 1 atom stereocenters. The maximum atomic E-state index is 12.5. The van der Waals surface area contributed by atoms with Crippen LogP contribution in [-0.4, -0.2) is 29.1 Å². The smallest absolute Gasteiger partial charge is 0.244 e. The molecule has 1 saturated heterocycles. The lowest BCUT2D eigenvalue weighted by Gasteiger charge is -2.42. The standard InChI is InChI=1S/C14H24N2O/c1-3-5-11-15-14(8-9-14)12(17)16(11)10-13(2)6-4-7-13/h11,15H,3-10H2,1-2H3. The Balaban J connectivity index is 1.72. The van der Waals surface area contributed by atoms with Gasteiger partial charge in [-0.15, -0.1) is 0 Å². The molecule has 96 valence electrons. The zero-order chi connectivity index (χ0) is 12.1. The van der Waals surface area contributed by atoms with Gasteiger partial charge in [-0.1, -0.05) is 26.7 Å². The number of nitrogens with zero attached hydrogens (tertiary/aromatic N) is 1. The van der Waals surface area contributed by atoms with E-state index in [4.69, 9.17) is 0 Å². The van der Waals surface area contributed by atoms with Crippen LogP contribution < -0.4 is 5.32 Å². The second-order valence-corrected chi connectivity index (χ2v) is 6.63. The van der Waals surface area contributed by atoms with Gasteiger partial charge in [-0.25, -0.2) is 0 Å². The molecule has 3 nitrogen and oxygen atoms in total. The molecule has 0 bridgehead atoms. The molecule has 0 radical (unpaired) electrons. The van der Waals surface area contributed by atoms with Crippen LogP contribution in [0.1, 0.15) is 58.8 Å². The Kier molecular flexibility index (Phi) is 2.51. The van der Waals surface area contributed by atoms with E-state index in [2.05, 4.69) is 24.1 Å². The van der Waals surface area contributed by atoms with Crippen LogP contribution >= 0.6 is 0 Å². The number of nitrogens with one attached hydrogen (secondary N) is 1. The third-order valence-electron chi connectivity index (χ3n) is 4.91. The molecule has 3 aliphatic rings. The number of rotatable bonds is 4. The van der Waals surface area contributed by atoms with Gasteiger partial charge in [0.25, 0.3) is 0 Å². The number of carbonyl (C=O) groups is 1. The van der Waals surface area contributed by atoms with E-state index >= 15 is 0 Å². The molecule has 0 aromatic heterocycles. The second kappa shape index (κ2) is 3.71. The van der Waals surface area contributed by atoms with Gasteiger partial charge in [-0.2, -0.15) is 0 Å². The normalized spacial score (nSPS) is 32.9. The summed E-state index contributed by atoms with van der Waals surface area (Å²) >= 11 is 0. The van der Waals surface area contributed by atoms with E-state index in [-0.39, 0.29) is 5.54 Å². The van der Waals surface area contributed by atoms with Crippen LogP contribution in [0, 0.1) is 5.41 Å². The maximum Gasteiger partial charge on any atom is 0.244 e. The Labute approximate surface area is 104 Å². The lowest BCUT2D eigenvalue weighted by atomic mass is 9.70. The molecule has 3 rings (SSSR count). The number of hydrogen-bond acceptors (Lipinski definition) is 2. The van der Waals surface area contributed by atoms with Crippen molar-refractivity contribution < 1.29 is 4.79 Å². The summed E-state index contributed by atoms with van der Waals surface area (Å²) in [6.45, 7) is 5.52. The molecular weight excluding hydrogens is 212 g/mol. The van der Waals surface area contributed by atoms with Crippen LogP contribution in [0.2, 0.25) is 0 Å². The number of hydrogen-bond donors (Lipinski definition) is 1. The van der Waals surface area contributed by atoms with E-state index in [0.29, 0.717) is 17.5 Å². The molecule has 0 aromatic rings. The molecule has 1 spiro atoms. The van der Waals surface area contributed by atoms with Crippen molar-refractivity contribution in [1.29, 1.82) is 0 Å². The van der Waals surface area contributed by atoms with E-state index in [0.717, 1.165) is 32.2 Å². The van der Waals surface area contributed by atoms with Gasteiger partial charge in [0.2, 0.25) is 5.91 Å². The first-order valence-electron chi connectivity index (χ1n) is 7.17. The minimum atomic E-state index is -0.125. The third-order valence-corrected chi connectivity index (χ3v) is 4.91. The summed E-state index contributed by atoms with van der Waals surface area (Å²) in [5.74, 6) is 0.393. The third kappa shape index (κ3) is 1.79. The lowest BCUT2D eigenvalue weighted by Crippen LogP contribution is -2.46. The fourth-order valence-electron chi connectivity index (χ4n) is 3.39. The minimum absolute atomic E-state index is 0.125. The second-order valence-electron chi connectivity index (χ2n) is 6.63. The summed E-state index contributed by atoms with van der Waals surface area (Å²) in [4.78, 5) is 14.6. The average molecular weight is 236 g/mol. The van der Waals surface area contributed by atoms with Gasteiger partial charge in [0, 0.05) is 6.54 Å². The first-order valence-corrected chi connectivity index (χ1v) is 7.17. The van der Waals surface area contributed by atoms with Gasteiger partial charge >= 0.3 is 0 Å². The molecule has 1 amide bonds. The summed E-state index contributed by atoms with van der Waals surface area (Å²) < 4.78 is 0. The van der Waals surface area contributed by atoms with Crippen molar-refractivity contribution in [3.8, 4) is 0 Å². The van der Waals surface area contributed by atoms with E-state index in [1.165, 1.54) is 19.3 Å². The van der Waals surface area contributed by atoms with Gasteiger partial charge in [0.1, 0.15) is 0 Å². The van der Waals surface area contributed by atoms with Crippen molar-refractivity contribution in [2.45, 2.75) is 70.5 Å². The predicted molar refractivity (Wildman–Crippen MR) is 67.5 cm³/mol. The van der Waals surface area contributed by atoms with Gasteiger partial charge in [0.15, 0.2) is 0 Å². The molecular formula is C14H24N2O. The van der Waals surface area contributed by atoms with E-state index in [1.54, 1.807) is 0 Å². The Morgan fingerprint density at radius 1 is 1.35 bits per heavy atom. The molecule has 2 saturated carbocycles. The van der Waals surface area contributed by atoms with Crippen molar-refractivity contribution in [3.63, 3.8) is 0 Å². The molecule has 3 heteroatoms. The summed E-state index contributed by atoms with van der Waals surface area (Å²) in [5, 5.41) is 3.59. The molecule has 0 aromatic carbocycles. The highest BCUT2D eigenvalue weighted by Crippen LogP contribution is 2.46. The van der Waals surface area contributed by atoms with Crippen molar-refractivity contribution in [2.24, 2.45) is 5.41 Å². The van der Waals surface area contributed by atoms with E-state index in [1.807, 2.05) is 0 Å². The van der Waals surface area contributed by atoms with Crippen molar-refractivity contribution in [3.05, 3.63) is 0 Å². The quantitative estimate of drug-likeness (QED) is 0.812. The van der Waals surface area contributed by atoms with Gasteiger partial charge in [-0.3, -0.25) is 10.1 Å². The maximum absolute atomic E-state index is 12.5. The highest BCUT2D eigenvalue weighted by Gasteiger charge is 2.59. The van der Waals surface area contributed by atoms with Crippen molar-refractivity contribution >= 4 is 5.91 Å². The van der Waals surface area contributed by atoms with E-state index < -0.39 is 0 Å². The average Bonchev–Trinajstić information content (AvgIpc) is 2.98. The number of amides is 1. The van der Waals surface area contributed by atoms with Gasteiger partial charge in [-0.05, 0) is 37.5 Å². The Morgan fingerprint density at radius 3 is 2.53 bits per heavy atom. The highest BCUT2D eigenvalue weighted by molar-refractivity contribution is 5.91. The monoisotopic (exact) mass is 236 g/mol. The lowest BCUT2D eigenvalue weighted by molar-refractivity contribution is -0.133. The topological polar surface area (TPSA) is 32.3 Å². The minimum Gasteiger partial charge on any atom is -0.325 e. The summed E-state index contributed by atoms with van der Waals surface area (Å²) in [5.41, 5.74) is 0.281. The van der Waals surface area contributed by atoms with Gasteiger partial charge in [0.05, 0.1) is 11.7 Å². The summed E-state index contributed by atoms with van der Waals surface area (Å²) in [6, 6.07) is 0. The summed E-state index contributed by atoms with van der Waals surface area (Å²) in [7, 11) is 0. The Hall–Kier alpha value is -0.570. The summed E-state index contributed by atoms with van der Waals surface area (Å²) in [6.07, 6.45) is 8.60. The van der Waals surface area contributed by atoms with Crippen LogP contribution in [0.3, 0.4) is 0 Å². The van der Waals surface area contributed by atoms with Crippen LogP contribution in [-0.2, 0) is 4.79 Å². The first kappa shape index (κ1) is 11.5. The Bertz CT molecular complexity index is 331. The molecule has 1 unspecified atom stereocenters. The van der Waals surface area contributed by atoms with Gasteiger partial charge < -0.3 is 4.90 Å². The Morgan fingerprint density at radius 2 is 2.06 bits per heavy atom. The fourth-order valence-corrected chi connectivity index (χ4v) is 3.39. The van der Waals surface area contributed by atoms with Crippen LogP contribution in [0.25, 0.3) is 0 Å². The molecule has 2 aliphatic carbocycles. The SMILES string of the molecule is CCCC1NC2(CC2)C(=O)N1CC1(C)CCC1. The van der Waals surface area contributed by atoms with Crippen LogP contribution in [0.15, 0.2) is 0 Å². The molecule has 1 heterocycles. The van der Waals surface area contributed by atoms with Crippen LogP contribution in [0.4, 0.5) is 0 Å². The van der Waals surface area contributed by atoms with E-state index in [9.17, 15) is 4.79 Å². The van der Waals surface area contributed by atoms with Crippen LogP contribution in [0.5, 0.6) is 0 Å². The van der Waals surface area contributed by atoms with Crippen molar-refractivity contribution in [2.75, 3.05) is 6.54 Å². The first-order chi connectivity index (χ1) is 8.09. The predicted octanol–water partition coefficient (Wildman–Crippen LogP) is 2.27. The molecule has 17 heavy (non-hydrogen) atoms. The molecule has 3 fully saturated rings. The van der Waals surface area contributed by atoms with Crippen molar-refractivity contribution in [1.82, 2.24) is 10.2 Å².